The van der Waals surface area contributed by atoms with Gasteiger partial charge in [-0.2, -0.15) is 5.26 Å². The van der Waals surface area contributed by atoms with E-state index in [9.17, 15) is 10.4 Å². The van der Waals surface area contributed by atoms with Crippen molar-refractivity contribution in [3.05, 3.63) is 34.9 Å². The SMILES string of the molecule is Cc1ccc(C)c(C(C)(O)C2(C#N)CC3CCC2C3)c1. The third-order valence-corrected chi connectivity index (χ3v) is 5.83. The predicted molar refractivity (Wildman–Crippen MR) is 79.0 cm³/mol. The van der Waals surface area contributed by atoms with Crippen molar-refractivity contribution in [1.29, 1.82) is 5.26 Å². The summed E-state index contributed by atoms with van der Waals surface area (Å²) in [6.45, 7) is 5.93. The van der Waals surface area contributed by atoms with Crippen molar-refractivity contribution in [1.82, 2.24) is 0 Å². The van der Waals surface area contributed by atoms with Crippen LogP contribution in [-0.2, 0) is 5.60 Å². The lowest BCUT2D eigenvalue weighted by molar-refractivity contribution is -0.0738. The first-order valence-corrected chi connectivity index (χ1v) is 7.62. The van der Waals surface area contributed by atoms with Gasteiger partial charge in [-0.1, -0.05) is 30.2 Å². The van der Waals surface area contributed by atoms with Gasteiger partial charge in [0, 0.05) is 0 Å². The molecule has 4 unspecified atom stereocenters. The van der Waals surface area contributed by atoms with Crippen LogP contribution in [0.3, 0.4) is 0 Å². The molecule has 1 aromatic rings. The minimum atomic E-state index is -1.06. The number of rotatable bonds is 2. The zero-order chi connectivity index (χ0) is 14.5. The van der Waals surface area contributed by atoms with E-state index < -0.39 is 11.0 Å². The molecule has 0 aliphatic heterocycles. The fraction of sp³-hybridized carbons (Fsp3) is 0.611. The van der Waals surface area contributed by atoms with Crippen LogP contribution in [0.15, 0.2) is 18.2 Å². The Morgan fingerprint density at radius 2 is 2.10 bits per heavy atom. The van der Waals surface area contributed by atoms with Gasteiger partial charge in [-0.15, -0.1) is 0 Å². The molecular formula is C18H23NO. The van der Waals surface area contributed by atoms with E-state index in [1.54, 1.807) is 0 Å². The van der Waals surface area contributed by atoms with Crippen LogP contribution in [0.1, 0.15) is 49.3 Å². The summed E-state index contributed by atoms with van der Waals surface area (Å²) >= 11 is 0. The van der Waals surface area contributed by atoms with Crippen LogP contribution < -0.4 is 0 Å². The first kappa shape index (κ1) is 13.6. The minimum absolute atomic E-state index is 0.354. The third-order valence-electron chi connectivity index (χ3n) is 5.83. The van der Waals surface area contributed by atoms with Gasteiger partial charge in [0.2, 0.25) is 0 Å². The molecule has 2 fully saturated rings. The van der Waals surface area contributed by atoms with E-state index in [-0.39, 0.29) is 0 Å². The molecule has 0 radical (unpaired) electrons. The quantitative estimate of drug-likeness (QED) is 0.886. The molecule has 20 heavy (non-hydrogen) atoms. The highest BCUT2D eigenvalue weighted by Crippen LogP contribution is 2.62. The minimum Gasteiger partial charge on any atom is -0.384 e. The van der Waals surface area contributed by atoms with E-state index in [4.69, 9.17) is 0 Å². The van der Waals surface area contributed by atoms with Crippen molar-refractivity contribution in [3.63, 3.8) is 0 Å². The molecule has 0 aromatic heterocycles. The number of nitriles is 1. The molecule has 0 amide bonds. The van der Waals surface area contributed by atoms with Crippen molar-refractivity contribution >= 4 is 0 Å². The normalized spacial score (nSPS) is 34.8. The molecule has 2 bridgehead atoms. The van der Waals surface area contributed by atoms with Gasteiger partial charge in [0.25, 0.3) is 0 Å². The Bertz CT molecular complexity index is 584. The fourth-order valence-electron chi connectivity index (χ4n) is 4.67. The lowest BCUT2D eigenvalue weighted by Crippen LogP contribution is -2.46. The van der Waals surface area contributed by atoms with Gasteiger partial charge in [-0.05, 0) is 63.0 Å². The number of benzene rings is 1. The van der Waals surface area contributed by atoms with Gasteiger partial charge in [0.05, 0.1) is 11.5 Å². The topological polar surface area (TPSA) is 44.0 Å². The van der Waals surface area contributed by atoms with Crippen LogP contribution in [0.2, 0.25) is 0 Å². The summed E-state index contributed by atoms with van der Waals surface area (Å²) in [5.41, 5.74) is 1.50. The molecule has 2 aliphatic rings. The van der Waals surface area contributed by atoms with Gasteiger partial charge in [0.15, 0.2) is 0 Å². The Labute approximate surface area is 121 Å². The largest absolute Gasteiger partial charge is 0.384 e. The van der Waals surface area contributed by atoms with E-state index in [2.05, 4.69) is 24.3 Å². The van der Waals surface area contributed by atoms with Crippen molar-refractivity contribution in [2.45, 2.75) is 52.1 Å². The first-order chi connectivity index (χ1) is 9.40. The number of aryl methyl sites for hydroxylation is 2. The number of hydrogen-bond acceptors (Lipinski definition) is 2. The number of fused-ring (bicyclic) bond motifs is 2. The molecule has 0 heterocycles. The van der Waals surface area contributed by atoms with Crippen molar-refractivity contribution in [2.75, 3.05) is 0 Å². The maximum Gasteiger partial charge on any atom is 0.106 e. The van der Waals surface area contributed by atoms with Crippen LogP contribution >= 0.6 is 0 Å². The van der Waals surface area contributed by atoms with E-state index >= 15 is 0 Å². The molecule has 0 spiro atoms. The summed E-state index contributed by atoms with van der Waals surface area (Å²) < 4.78 is 0. The zero-order valence-corrected chi connectivity index (χ0v) is 12.6. The molecule has 1 aromatic carbocycles. The summed E-state index contributed by atoms with van der Waals surface area (Å²) in [7, 11) is 0. The molecule has 2 nitrogen and oxygen atoms in total. The van der Waals surface area contributed by atoms with Gasteiger partial charge in [0.1, 0.15) is 5.60 Å². The summed E-state index contributed by atoms with van der Waals surface area (Å²) in [5, 5.41) is 21.2. The lowest BCUT2D eigenvalue weighted by Gasteiger charge is -2.44. The van der Waals surface area contributed by atoms with Crippen molar-refractivity contribution in [3.8, 4) is 6.07 Å². The summed E-state index contributed by atoms with van der Waals surface area (Å²) in [6, 6.07) is 8.72. The maximum absolute atomic E-state index is 11.3. The second kappa shape index (κ2) is 4.33. The summed E-state index contributed by atoms with van der Waals surface area (Å²) in [4.78, 5) is 0. The molecule has 2 saturated carbocycles. The predicted octanol–water partition coefficient (Wildman–Crippen LogP) is 3.84. The van der Waals surface area contributed by atoms with Gasteiger partial charge in [-0.3, -0.25) is 0 Å². The highest BCUT2D eigenvalue weighted by atomic mass is 16.3. The van der Waals surface area contributed by atoms with Crippen LogP contribution in [0.25, 0.3) is 0 Å². The monoisotopic (exact) mass is 269 g/mol. The maximum atomic E-state index is 11.3. The molecule has 1 N–H and O–H groups in total. The zero-order valence-electron chi connectivity index (χ0n) is 12.6. The Morgan fingerprint density at radius 1 is 1.35 bits per heavy atom. The van der Waals surface area contributed by atoms with Gasteiger partial charge < -0.3 is 5.11 Å². The van der Waals surface area contributed by atoms with Crippen molar-refractivity contribution in [2.24, 2.45) is 17.3 Å². The van der Waals surface area contributed by atoms with Gasteiger partial charge in [-0.25, -0.2) is 0 Å². The van der Waals surface area contributed by atoms with Crippen LogP contribution in [0.4, 0.5) is 0 Å². The standard InChI is InChI=1S/C18H23NO/c1-12-4-5-13(2)16(8-12)17(3,20)18(11-19)10-14-6-7-15(18)9-14/h4-5,8,14-15,20H,6-7,9-10H2,1-3H3. The summed E-state index contributed by atoms with van der Waals surface area (Å²) in [5.74, 6) is 0.989. The molecule has 3 rings (SSSR count). The van der Waals surface area contributed by atoms with E-state index in [0.29, 0.717) is 11.8 Å². The summed E-state index contributed by atoms with van der Waals surface area (Å²) in [6.07, 6.45) is 4.30. The van der Waals surface area contributed by atoms with E-state index in [0.717, 1.165) is 36.0 Å². The van der Waals surface area contributed by atoms with E-state index in [1.807, 2.05) is 20.8 Å². The molecule has 0 saturated heterocycles. The first-order valence-electron chi connectivity index (χ1n) is 7.62. The van der Waals surface area contributed by atoms with Crippen LogP contribution in [0.5, 0.6) is 0 Å². The molecule has 2 aliphatic carbocycles. The Hall–Kier alpha value is -1.33. The third kappa shape index (κ3) is 1.66. The fourth-order valence-corrected chi connectivity index (χ4v) is 4.67. The average Bonchev–Trinajstić information content (AvgIpc) is 3.02. The highest BCUT2D eigenvalue weighted by molar-refractivity contribution is 5.39. The number of nitrogens with zero attached hydrogens (tertiary/aromatic N) is 1. The number of hydrogen-bond donors (Lipinski definition) is 1. The molecule has 106 valence electrons. The van der Waals surface area contributed by atoms with Gasteiger partial charge >= 0.3 is 0 Å². The smallest absolute Gasteiger partial charge is 0.106 e. The molecule has 4 atom stereocenters. The highest BCUT2D eigenvalue weighted by Gasteiger charge is 2.61. The Morgan fingerprint density at radius 3 is 2.65 bits per heavy atom. The second-order valence-electron chi connectivity index (χ2n) is 7.05. The van der Waals surface area contributed by atoms with Crippen molar-refractivity contribution < 1.29 is 5.11 Å². The second-order valence-corrected chi connectivity index (χ2v) is 7.05. The molecule has 2 heteroatoms. The Kier molecular flexibility index (Phi) is 2.95. The average molecular weight is 269 g/mol. The van der Waals surface area contributed by atoms with E-state index in [1.165, 1.54) is 6.42 Å². The lowest BCUT2D eigenvalue weighted by atomic mass is 9.61. The number of aliphatic hydroxyl groups is 1. The Balaban J connectivity index is 2.11. The molecular weight excluding hydrogens is 246 g/mol. The van der Waals surface area contributed by atoms with Crippen LogP contribution in [-0.4, -0.2) is 5.11 Å². The van der Waals surface area contributed by atoms with Crippen LogP contribution in [0, 0.1) is 42.4 Å².